The maximum Gasteiger partial charge on any atom is 0.416 e. The number of aromatic carboxylic acids is 1. The molecule has 1 aliphatic heterocycles. The van der Waals surface area contributed by atoms with Crippen molar-refractivity contribution in [2.24, 2.45) is 5.92 Å². The predicted molar refractivity (Wildman–Crippen MR) is 72.3 cm³/mol. The van der Waals surface area contributed by atoms with Crippen molar-refractivity contribution in [2.75, 3.05) is 20.1 Å². The highest BCUT2D eigenvalue weighted by Crippen LogP contribution is 2.35. The van der Waals surface area contributed by atoms with Gasteiger partial charge in [0.05, 0.1) is 11.1 Å². The van der Waals surface area contributed by atoms with E-state index in [1.807, 2.05) is 7.05 Å². The molecule has 3 nitrogen and oxygen atoms in total. The van der Waals surface area contributed by atoms with Crippen molar-refractivity contribution < 1.29 is 23.1 Å². The summed E-state index contributed by atoms with van der Waals surface area (Å²) in [4.78, 5) is 13.0. The van der Waals surface area contributed by atoms with Gasteiger partial charge in [-0.2, -0.15) is 13.2 Å². The zero-order chi connectivity index (χ0) is 15.6. The summed E-state index contributed by atoms with van der Waals surface area (Å²) in [5.41, 5.74) is -0.946. The summed E-state index contributed by atoms with van der Waals surface area (Å²) in [6.07, 6.45) is -2.43. The number of carboxylic acids is 1. The Kier molecular flexibility index (Phi) is 4.56. The van der Waals surface area contributed by atoms with E-state index >= 15 is 0 Å². The third-order valence-electron chi connectivity index (χ3n) is 4.01. The molecule has 2 rings (SSSR count). The van der Waals surface area contributed by atoms with Crippen LogP contribution >= 0.6 is 0 Å². The molecule has 0 radical (unpaired) electrons. The molecule has 1 aromatic carbocycles. The van der Waals surface area contributed by atoms with E-state index in [2.05, 4.69) is 4.90 Å². The number of hydrogen-bond donors (Lipinski definition) is 1. The maximum absolute atomic E-state index is 13.1. The van der Waals surface area contributed by atoms with E-state index in [4.69, 9.17) is 5.11 Å². The van der Waals surface area contributed by atoms with Crippen molar-refractivity contribution in [3.63, 3.8) is 0 Å². The van der Waals surface area contributed by atoms with Crippen molar-refractivity contribution >= 4 is 5.97 Å². The Bertz CT molecular complexity index is 520. The lowest BCUT2D eigenvalue weighted by molar-refractivity contribution is -0.138. The number of benzene rings is 1. The molecule has 0 unspecified atom stereocenters. The average molecular weight is 301 g/mol. The third-order valence-corrected chi connectivity index (χ3v) is 4.01. The molecule has 0 amide bonds. The molecule has 0 saturated carbocycles. The van der Waals surface area contributed by atoms with Gasteiger partial charge in [-0.3, -0.25) is 0 Å². The lowest BCUT2D eigenvalue weighted by Gasteiger charge is -2.29. The van der Waals surface area contributed by atoms with E-state index in [1.165, 1.54) is 12.1 Å². The average Bonchev–Trinajstić information content (AvgIpc) is 2.40. The van der Waals surface area contributed by atoms with E-state index in [-0.39, 0.29) is 17.0 Å². The van der Waals surface area contributed by atoms with Gasteiger partial charge in [0.1, 0.15) is 0 Å². The quantitative estimate of drug-likeness (QED) is 0.931. The van der Waals surface area contributed by atoms with Crippen LogP contribution in [0.2, 0.25) is 0 Å². The number of halogens is 3. The van der Waals surface area contributed by atoms with Crippen LogP contribution in [0, 0.1) is 5.92 Å². The van der Waals surface area contributed by atoms with Crippen molar-refractivity contribution in [3.05, 3.63) is 34.9 Å². The van der Waals surface area contributed by atoms with Crippen LogP contribution in [0.5, 0.6) is 0 Å². The van der Waals surface area contributed by atoms with Gasteiger partial charge in [-0.25, -0.2) is 4.79 Å². The highest BCUT2D eigenvalue weighted by atomic mass is 19.4. The Labute approximate surface area is 121 Å². The molecule has 0 spiro atoms. The van der Waals surface area contributed by atoms with Crippen LogP contribution in [-0.4, -0.2) is 36.1 Å². The molecule has 21 heavy (non-hydrogen) atoms. The van der Waals surface area contributed by atoms with Crippen molar-refractivity contribution in [2.45, 2.75) is 25.4 Å². The summed E-state index contributed by atoms with van der Waals surface area (Å²) in [5.74, 6) is -1.12. The van der Waals surface area contributed by atoms with Gasteiger partial charge in [0.25, 0.3) is 0 Å². The molecule has 1 saturated heterocycles. The minimum Gasteiger partial charge on any atom is -0.478 e. The first-order valence-electron chi connectivity index (χ1n) is 6.89. The molecule has 6 heteroatoms. The van der Waals surface area contributed by atoms with Crippen molar-refractivity contribution in [1.29, 1.82) is 0 Å². The summed E-state index contributed by atoms with van der Waals surface area (Å²) >= 11 is 0. The van der Waals surface area contributed by atoms with Crippen LogP contribution in [0.4, 0.5) is 13.2 Å². The molecule has 1 heterocycles. The largest absolute Gasteiger partial charge is 0.478 e. The molecular formula is C15H18F3NO2. The fourth-order valence-corrected chi connectivity index (χ4v) is 2.73. The first kappa shape index (κ1) is 15.8. The summed E-state index contributed by atoms with van der Waals surface area (Å²) in [6.45, 7) is 1.78. The lowest BCUT2D eigenvalue weighted by Crippen LogP contribution is -2.31. The number of hydrogen-bond acceptors (Lipinski definition) is 2. The highest BCUT2D eigenvalue weighted by Gasteiger charge is 2.34. The Balaban J connectivity index is 2.24. The number of likely N-dealkylation sites (tertiary alicyclic amines) is 1. The zero-order valence-electron chi connectivity index (χ0n) is 11.8. The molecule has 0 aromatic heterocycles. The minimum absolute atomic E-state index is 0.196. The standard InChI is InChI=1S/C15H18F3NO2/c1-19-6-4-10(5-7-19)8-11-2-3-12(14(20)21)9-13(11)15(16,17)18/h2-3,9-10H,4-8H2,1H3,(H,20,21). The summed E-state index contributed by atoms with van der Waals surface area (Å²) in [7, 11) is 2.00. The number of carboxylic acid groups (broad SMARTS) is 1. The summed E-state index contributed by atoms with van der Waals surface area (Å²) in [6, 6.07) is 3.30. The smallest absolute Gasteiger partial charge is 0.416 e. The molecule has 1 aromatic rings. The number of rotatable bonds is 3. The Hall–Kier alpha value is -1.56. The van der Waals surface area contributed by atoms with Gasteiger partial charge in [0.15, 0.2) is 0 Å². The van der Waals surface area contributed by atoms with Gasteiger partial charge < -0.3 is 10.0 Å². The molecule has 1 fully saturated rings. The Morgan fingerprint density at radius 3 is 2.48 bits per heavy atom. The van der Waals surface area contributed by atoms with Crippen molar-refractivity contribution in [3.8, 4) is 0 Å². The SMILES string of the molecule is CN1CCC(Cc2ccc(C(=O)O)cc2C(F)(F)F)CC1. The number of piperidine rings is 1. The van der Waals surface area contributed by atoms with Crippen LogP contribution in [0.25, 0.3) is 0 Å². The monoisotopic (exact) mass is 301 g/mol. The van der Waals surface area contributed by atoms with E-state index in [1.54, 1.807) is 0 Å². The molecule has 1 aliphatic rings. The second-order valence-electron chi connectivity index (χ2n) is 5.63. The fraction of sp³-hybridized carbons (Fsp3) is 0.533. The van der Waals surface area contributed by atoms with Gasteiger partial charge in [0, 0.05) is 0 Å². The second kappa shape index (κ2) is 6.05. The minimum atomic E-state index is -4.52. The highest BCUT2D eigenvalue weighted by molar-refractivity contribution is 5.88. The Morgan fingerprint density at radius 2 is 1.95 bits per heavy atom. The summed E-state index contributed by atoms with van der Waals surface area (Å²) in [5, 5.41) is 8.84. The van der Waals surface area contributed by atoms with E-state index in [9.17, 15) is 18.0 Å². The summed E-state index contributed by atoms with van der Waals surface area (Å²) < 4.78 is 39.3. The molecular weight excluding hydrogens is 283 g/mol. The first-order valence-corrected chi connectivity index (χ1v) is 6.89. The lowest BCUT2D eigenvalue weighted by atomic mass is 9.88. The van der Waals surface area contributed by atoms with Gasteiger partial charge in [-0.1, -0.05) is 6.07 Å². The van der Waals surface area contributed by atoms with Crippen LogP contribution in [0.3, 0.4) is 0 Å². The molecule has 0 aliphatic carbocycles. The number of alkyl halides is 3. The molecule has 1 N–H and O–H groups in total. The molecule has 0 atom stereocenters. The third kappa shape index (κ3) is 3.97. The fourth-order valence-electron chi connectivity index (χ4n) is 2.73. The van der Waals surface area contributed by atoms with Gasteiger partial charge in [0.2, 0.25) is 0 Å². The first-order chi connectivity index (χ1) is 9.77. The van der Waals surface area contributed by atoms with Gasteiger partial charge in [-0.15, -0.1) is 0 Å². The normalized spacial score (nSPS) is 17.9. The number of carbonyl (C=O) groups is 1. The molecule has 0 bridgehead atoms. The van der Waals surface area contributed by atoms with Crippen LogP contribution < -0.4 is 0 Å². The van der Waals surface area contributed by atoms with Crippen molar-refractivity contribution in [1.82, 2.24) is 4.90 Å². The van der Waals surface area contributed by atoms with E-state index in [0.29, 0.717) is 6.42 Å². The van der Waals surface area contributed by atoms with Crippen LogP contribution in [0.1, 0.15) is 34.3 Å². The van der Waals surface area contributed by atoms with Crippen LogP contribution in [-0.2, 0) is 12.6 Å². The van der Waals surface area contributed by atoms with E-state index in [0.717, 1.165) is 32.0 Å². The van der Waals surface area contributed by atoms with Gasteiger partial charge >= 0.3 is 12.1 Å². The second-order valence-corrected chi connectivity index (χ2v) is 5.63. The predicted octanol–water partition coefficient (Wildman–Crippen LogP) is 3.29. The number of nitrogens with zero attached hydrogens (tertiary/aromatic N) is 1. The van der Waals surface area contributed by atoms with Crippen LogP contribution in [0.15, 0.2) is 18.2 Å². The zero-order valence-corrected chi connectivity index (χ0v) is 11.8. The topological polar surface area (TPSA) is 40.5 Å². The van der Waals surface area contributed by atoms with Gasteiger partial charge in [-0.05, 0) is 63.0 Å². The maximum atomic E-state index is 13.1. The Morgan fingerprint density at radius 1 is 1.33 bits per heavy atom. The van der Waals surface area contributed by atoms with E-state index < -0.39 is 17.7 Å². The molecule has 116 valence electrons.